The van der Waals surface area contributed by atoms with Gasteiger partial charge in [-0.15, -0.1) is 0 Å². The molecule has 5 heteroatoms. The molecule has 0 aliphatic heterocycles. The Hall–Kier alpha value is -3.55. The fourth-order valence-corrected chi connectivity index (χ4v) is 2.98. The van der Waals surface area contributed by atoms with E-state index in [1.807, 2.05) is 19.1 Å². The average molecular weight is 404 g/mol. The number of hydrogen-bond acceptors (Lipinski definition) is 4. The number of methoxy groups -OCH3 is 1. The number of carbonyl (C=O) groups excluding carboxylic acids is 1. The van der Waals surface area contributed by atoms with Gasteiger partial charge in [-0.1, -0.05) is 47.5 Å². The Morgan fingerprint density at radius 1 is 1.00 bits per heavy atom. The first kappa shape index (κ1) is 20.2. The van der Waals surface area contributed by atoms with Crippen LogP contribution in [-0.4, -0.2) is 13.1 Å². The minimum absolute atomic E-state index is 0.303. The molecule has 0 unspecified atom stereocenters. The summed E-state index contributed by atoms with van der Waals surface area (Å²) in [5, 5.41) is 10.1. The number of allylic oxidation sites excluding steroid dienone is 1. The van der Waals surface area contributed by atoms with Gasteiger partial charge in [-0.3, -0.25) is 0 Å². The minimum atomic E-state index is -0.466. The highest BCUT2D eigenvalue weighted by molar-refractivity contribution is 6.30. The van der Waals surface area contributed by atoms with Crippen LogP contribution in [0.3, 0.4) is 0 Å². The lowest BCUT2D eigenvalue weighted by atomic mass is 10.0. The van der Waals surface area contributed by atoms with Crippen molar-refractivity contribution in [2.75, 3.05) is 7.11 Å². The van der Waals surface area contributed by atoms with E-state index < -0.39 is 5.97 Å². The van der Waals surface area contributed by atoms with E-state index in [0.29, 0.717) is 33.2 Å². The molecule has 144 valence electrons. The van der Waals surface area contributed by atoms with Gasteiger partial charge in [0.05, 0.1) is 24.3 Å². The third-order valence-electron chi connectivity index (χ3n) is 4.21. The number of carbonyl (C=O) groups is 1. The zero-order valence-electron chi connectivity index (χ0n) is 16.0. The number of esters is 1. The van der Waals surface area contributed by atoms with Crippen molar-refractivity contribution < 1.29 is 14.3 Å². The molecule has 0 amide bonds. The first-order valence-corrected chi connectivity index (χ1v) is 9.22. The second kappa shape index (κ2) is 9.09. The number of hydrogen-bond donors (Lipinski definition) is 0. The van der Waals surface area contributed by atoms with Gasteiger partial charge in [-0.2, -0.15) is 5.26 Å². The fourth-order valence-electron chi connectivity index (χ4n) is 2.79. The van der Waals surface area contributed by atoms with Crippen LogP contribution in [0.15, 0.2) is 66.7 Å². The summed E-state index contributed by atoms with van der Waals surface area (Å²) in [4.78, 5) is 12.4. The first-order chi connectivity index (χ1) is 14.0. The molecular formula is C24H18ClNO3. The molecule has 29 heavy (non-hydrogen) atoms. The smallest absolute Gasteiger partial charge is 0.343 e. The summed E-state index contributed by atoms with van der Waals surface area (Å²) in [6, 6.07) is 21.5. The van der Waals surface area contributed by atoms with Gasteiger partial charge in [0, 0.05) is 5.02 Å². The Kier molecular flexibility index (Phi) is 6.33. The van der Waals surface area contributed by atoms with Gasteiger partial charge in [0.1, 0.15) is 0 Å². The Labute approximate surface area is 174 Å². The lowest BCUT2D eigenvalue weighted by molar-refractivity contribution is 0.0729. The Morgan fingerprint density at radius 3 is 2.45 bits per heavy atom. The topological polar surface area (TPSA) is 59.3 Å². The van der Waals surface area contributed by atoms with Crippen LogP contribution in [0.1, 0.15) is 27.0 Å². The van der Waals surface area contributed by atoms with E-state index in [0.717, 1.165) is 11.1 Å². The second-order valence-electron chi connectivity index (χ2n) is 6.35. The van der Waals surface area contributed by atoms with Crippen LogP contribution in [-0.2, 0) is 0 Å². The van der Waals surface area contributed by atoms with E-state index >= 15 is 0 Å². The van der Waals surface area contributed by atoms with Crippen LogP contribution in [0.2, 0.25) is 5.02 Å². The molecular weight excluding hydrogens is 386 g/mol. The van der Waals surface area contributed by atoms with E-state index in [-0.39, 0.29) is 0 Å². The van der Waals surface area contributed by atoms with Crippen LogP contribution < -0.4 is 9.47 Å². The molecule has 3 aromatic rings. The van der Waals surface area contributed by atoms with Crippen molar-refractivity contribution in [3.8, 4) is 17.6 Å². The van der Waals surface area contributed by atoms with E-state index in [1.165, 1.54) is 7.11 Å². The van der Waals surface area contributed by atoms with Crippen LogP contribution in [0.5, 0.6) is 11.5 Å². The second-order valence-corrected chi connectivity index (χ2v) is 6.79. The molecule has 0 fully saturated rings. The highest BCUT2D eigenvalue weighted by atomic mass is 35.5. The fraction of sp³-hybridized carbons (Fsp3) is 0.0833. The van der Waals surface area contributed by atoms with Crippen molar-refractivity contribution in [1.82, 2.24) is 0 Å². The van der Waals surface area contributed by atoms with Crippen LogP contribution in [0.25, 0.3) is 11.6 Å². The van der Waals surface area contributed by atoms with E-state index in [2.05, 4.69) is 6.07 Å². The molecule has 0 radical (unpaired) electrons. The maximum absolute atomic E-state index is 12.4. The predicted molar refractivity (Wildman–Crippen MR) is 114 cm³/mol. The van der Waals surface area contributed by atoms with Gasteiger partial charge >= 0.3 is 5.97 Å². The van der Waals surface area contributed by atoms with Gasteiger partial charge in [0.25, 0.3) is 0 Å². The summed E-state index contributed by atoms with van der Waals surface area (Å²) in [5.41, 5.74) is 3.34. The summed E-state index contributed by atoms with van der Waals surface area (Å²) in [5.74, 6) is 0.229. The molecule has 0 aromatic heterocycles. The Bertz CT molecular complexity index is 1130. The standard InChI is InChI=1S/C24H18ClNO3/c1-16-5-3-7-19(11-16)24(27)29-22-10-9-17(13-23(22)28-2)12-20(15-26)18-6-4-8-21(25)14-18/h3-14H,1-2H3/b20-12-. The van der Waals surface area contributed by atoms with Crippen molar-refractivity contribution in [2.24, 2.45) is 0 Å². The molecule has 4 nitrogen and oxygen atoms in total. The number of nitriles is 1. The molecule has 0 aliphatic carbocycles. The van der Waals surface area contributed by atoms with Gasteiger partial charge in [0.2, 0.25) is 0 Å². The molecule has 3 aromatic carbocycles. The first-order valence-electron chi connectivity index (χ1n) is 8.85. The Balaban J connectivity index is 1.88. The summed E-state index contributed by atoms with van der Waals surface area (Å²) in [6.07, 6.45) is 1.72. The summed E-state index contributed by atoms with van der Waals surface area (Å²) < 4.78 is 10.9. The SMILES string of the molecule is COc1cc(/C=C(/C#N)c2cccc(Cl)c2)ccc1OC(=O)c1cccc(C)c1. The maximum atomic E-state index is 12.4. The van der Waals surface area contributed by atoms with Gasteiger partial charge in [-0.25, -0.2) is 4.79 Å². The highest BCUT2D eigenvalue weighted by Crippen LogP contribution is 2.31. The average Bonchev–Trinajstić information content (AvgIpc) is 2.72. The van der Waals surface area contributed by atoms with Crippen LogP contribution in [0.4, 0.5) is 0 Å². The molecule has 0 bridgehead atoms. The van der Waals surface area contributed by atoms with Crippen molar-refractivity contribution in [2.45, 2.75) is 6.92 Å². The summed E-state index contributed by atoms with van der Waals surface area (Å²) in [6.45, 7) is 1.91. The summed E-state index contributed by atoms with van der Waals surface area (Å²) in [7, 11) is 1.50. The van der Waals surface area contributed by atoms with Crippen LogP contribution in [0, 0.1) is 18.3 Å². The largest absolute Gasteiger partial charge is 0.493 e. The van der Waals surface area contributed by atoms with Gasteiger partial charge in [0.15, 0.2) is 11.5 Å². The number of benzene rings is 3. The number of halogens is 1. The predicted octanol–water partition coefficient (Wildman–Crippen LogP) is 5.94. The molecule has 0 atom stereocenters. The number of aryl methyl sites for hydroxylation is 1. The molecule has 3 rings (SSSR count). The lowest BCUT2D eigenvalue weighted by Crippen LogP contribution is -2.09. The van der Waals surface area contributed by atoms with Crippen molar-refractivity contribution >= 4 is 29.2 Å². The molecule has 0 saturated heterocycles. The van der Waals surface area contributed by atoms with E-state index in [4.69, 9.17) is 21.1 Å². The molecule has 0 aliphatic rings. The number of rotatable bonds is 5. The van der Waals surface area contributed by atoms with Crippen LogP contribution >= 0.6 is 11.6 Å². The monoisotopic (exact) mass is 403 g/mol. The van der Waals surface area contributed by atoms with Gasteiger partial charge < -0.3 is 9.47 Å². The summed E-state index contributed by atoms with van der Waals surface area (Å²) >= 11 is 6.02. The number of ether oxygens (including phenoxy) is 2. The lowest BCUT2D eigenvalue weighted by Gasteiger charge is -2.10. The minimum Gasteiger partial charge on any atom is -0.493 e. The van der Waals surface area contributed by atoms with E-state index in [1.54, 1.807) is 60.7 Å². The van der Waals surface area contributed by atoms with Crippen molar-refractivity contribution in [1.29, 1.82) is 5.26 Å². The van der Waals surface area contributed by atoms with Crippen molar-refractivity contribution in [3.05, 3.63) is 94.0 Å². The number of nitrogens with zero attached hydrogens (tertiary/aromatic N) is 1. The molecule has 0 spiro atoms. The molecule has 0 N–H and O–H groups in total. The van der Waals surface area contributed by atoms with Gasteiger partial charge in [-0.05, 0) is 60.5 Å². The normalized spacial score (nSPS) is 10.9. The molecule has 0 saturated carbocycles. The highest BCUT2D eigenvalue weighted by Gasteiger charge is 2.13. The Morgan fingerprint density at radius 2 is 1.76 bits per heavy atom. The molecule has 0 heterocycles. The zero-order chi connectivity index (χ0) is 20.8. The van der Waals surface area contributed by atoms with E-state index in [9.17, 15) is 10.1 Å². The quantitative estimate of drug-likeness (QED) is 0.229. The maximum Gasteiger partial charge on any atom is 0.343 e. The zero-order valence-corrected chi connectivity index (χ0v) is 16.7. The third kappa shape index (κ3) is 5.04. The third-order valence-corrected chi connectivity index (χ3v) is 4.45. The van der Waals surface area contributed by atoms with Crippen molar-refractivity contribution in [3.63, 3.8) is 0 Å².